The van der Waals surface area contributed by atoms with E-state index in [1.54, 1.807) is 5.57 Å². The molecule has 3 heteroatoms. The Bertz CT molecular complexity index is 660. The maximum atomic E-state index is 6.86. The Morgan fingerprint density at radius 2 is 1.97 bits per heavy atom. The van der Waals surface area contributed by atoms with E-state index in [2.05, 4.69) is 87.7 Å². The maximum absolute atomic E-state index is 6.86. The summed E-state index contributed by atoms with van der Waals surface area (Å²) < 4.78 is 6.86. The van der Waals surface area contributed by atoms with Gasteiger partial charge in [-0.25, -0.2) is 0 Å². The van der Waals surface area contributed by atoms with Gasteiger partial charge in [-0.1, -0.05) is 68.3 Å². The Morgan fingerprint density at radius 3 is 2.59 bits per heavy atom. The van der Waals surface area contributed by atoms with Crippen LogP contribution in [0.5, 0.6) is 0 Å². The molecule has 0 aliphatic heterocycles. The van der Waals surface area contributed by atoms with E-state index in [9.17, 15) is 0 Å². The molecule has 0 saturated heterocycles. The van der Waals surface area contributed by atoms with Crippen LogP contribution in [-0.4, -0.2) is 13.9 Å². The van der Waals surface area contributed by atoms with Gasteiger partial charge in [0, 0.05) is 0 Å². The van der Waals surface area contributed by atoms with E-state index in [-0.39, 0.29) is 10.6 Å². The molecule has 1 nitrogen and oxygen atoms in total. The molecule has 2 fully saturated rings. The molecule has 0 spiro atoms. The van der Waals surface area contributed by atoms with Crippen molar-refractivity contribution in [2.24, 2.45) is 29.1 Å². The predicted molar refractivity (Wildman–Crippen MR) is 133 cm³/mol. The first-order chi connectivity index (χ1) is 13.3. The van der Waals surface area contributed by atoms with Crippen LogP contribution >= 0.6 is 15.9 Å². The van der Waals surface area contributed by atoms with Gasteiger partial charge < -0.3 is 4.43 Å². The molecule has 3 rings (SSSR count). The number of halogens is 1. The third-order valence-electron chi connectivity index (χ3n) is 9.22. The van der Waals surface area contributed by atoms with Gasteiger partial charge in [-0.3, -0.25) is 0 Å². The molecule has 0 bridgehead atoms. The van der Waals surface area contributed by atoms with Crippen LogP contribution in [0.25, 0.3) is 0 Å². The second kappa shape index (κ2) is 8.24. The van der Waals surface area contributed by atoms with Crippen LogP contribution in [0.4, 0.5) is 0 Å². The van der Waals surface area contributed by atoms with Crippen LogP contribution in [0.3, 0.4) is 0 Å². The Morgan fingerprint density at radius 1 is 1.28 bits per heavy atom. The van der Waals surface area contributed by atoms with Crippen molar-refractivity contribution in [1.82, 2.24) is 0 Å². The van der Waals surface area contributed by atoms with Crippen LogP contribution in [0, 0.1) is 29.1 Å². The van der Waals surface area contributed by atoms with E-state index in [4.69, 9.17) is 4.43 Å². The minimum atomic E-state index is -1.75. The molecular formula is C26H45BrOSi. The normalized spacial score (nSPS) is 40.4. The SMILES string of the molecule is C[C@H](C[C@@H]1C=C[C@](C)(O[Si](C)(C)C(C)(C)C)C1)[C@H]1CCC2C(=CBr)CCC[C@@]21C. The fourth-order valence-electron chi connectivity index (χ4n) is 6.76. The Hall–Kier alpha value is 0.137. The van der Waals surface area contributed by atoms with E-state index in [0.717, 1.165) is 17.8 Å². The lowest BCUT2D eigenvalue weighted by Gasteiger charge is -2.45. The van der Waals surface area contributed by atoms with Crippen LogP contribution in [0.2, 0.25) is 18.1 Å². The first-order valence-electron chi connectivity index (χ1n) is 12.0. The molecule has 0 radical (unpaired) electrons. The van der Waals surface area contributed by atoms with Crippen molar-refractivity contribution in [2.75, 3.05) is 0 Å². The standard InChI is InChI=1S/C26H45BrOSi/c1-19(22-11-12-23-21(18-27)10-9-14-26(22,23)6)16-20-13-15-25(5,17-20)28-29(7,8)24(2,3)4/h13,15,18-20,22-23H,9-12,14,16-17H2,1-8H3/t19-,20+,22-,23?,25+,26-/m1/s1. The summed E-state index contributed by atoms with van der Waals surface area (Å²) in [5, 5.41) is 0.268. The third-order valence-corrected chi connectivity index (χ3v) is 14.4. The van der Waals surface area contributed by atoms with Crippen molar-refractivity contribution < 1.29 is 4.43 Å². The molecule has 1 unspecified atom stereocenters. The lowest BCUT2D eigenvalue weighted by molar-refractivity contribution is 0.0791. The van der Waals surface area contributed by atoms with E-state index in [1.807, 2.05) is 0 Å². The fourth-order valence-corrected chi connectivity index (χ4v) is 8.93. The summed E-state index contributed by atoms with van der Waals surface area (Å²) in [7, 11) is -1.75. The summed E-state index contributed by atoms with van der Waals surface area (Å²) in [6.07, 6.45) is 14.3. The monoisotopic (exact) mass is 480 g/mol. The average molecular weight is 482 g/mol. The van der Waals surface area contributed by atoms with Crippen LogP contribution in [-0.2, 0) is 4.43 Å². The molecule has 0 aromatic heterocycles. The van der Waals surface area contributed by atoms with Crippen molar-refractivity contribution in [3.8, 4) is 0 Å². The number of rotatable bonds is 5. The molecule has 0 aromatic rings. The van der Waals surface area contributed by atoms with Gasteiger partial charge in [0.25, 0.3) is 0 Å². The van der Waals surface area contributed by atoms with Gasteiger partial charge in [-0.15, -0.1) is 0 Å². The van der Waals surface area contributed by atoms with Gasteiger partial charge in [0.05, 0.1) is 5.60 Å². The molecule has 0 amide bonds. The molecule has 166 valence electrons. The smallest absolute Gasteiger partial charge is 0.193 e. The number of fused-ring (bicyclic) bond motifs is 1. The number of allylic oxidation sites excluding steroid dienone is 2. The molecule has 0 N–H and O–H groups in total. The lowest BCUT2D eigenvalue weighted by atomic mass is 9.61. The minimum absolute atomic E-state index is 0.0633. The molecule has 3 aliphatic rings. The van der Waals surface area contributed by atoms with E-state index in [1.165, 1.54) is 44.9 Å². The zero-order valence-corrected chi connectivity index (χ0v) is 22.9. The first kappa shape index (κ1) is 23.8. The second-order valence-corrected chi connectivity index (χ2v) is 17.7. The molecular weight excluding hydrogens is 436 g/mol. The quantitative estimate of drug-likeness (QED) is 0.281. The summed E-state index contributed by atoms with van der Waals surface area (Å²) in [6.45, 7) is 19.3. The Labute approximate surface area is 190 Å². The highest BCUT2D eigenvalue weighted by Gasteiger charge is 2.51. The maximum Gasteiger partial charge on any atom is 0.193 e. The minimum Gasteiger partial charge on any atom is -0.408 e. The average Bonchev–Trinajstić information content (AvgIpc) is 3.12. The van der Waals surface area contributed by atoms with Crippen LogP contribution in [0.1, 0.15) is 86.5 Å². The zero-order valence-electron chi connectivity index (χ0n) is 20.3. The van der Waals surface area contributed by atoms with Crippen molar-refractivity contribution in [2.45, 2.75) is 110 Å². The van der Waals surface area contributed by atoms with E-state index in [0.29, 0.717) is 11.3 Å². The first-order valence-corrected chi connectivity index (χ1v) is 15.8. The summed E-state index contributed by atoms with van der Waals surface area (Å²) >= 11 is 3.67. The van der Waals surface area contributed by atoms with Crippen LogP contribution < -0.4 is 0 Å². The summed E-state index contributed by atoms with van der Waals surface area (Å²) in [5.41, 5.74) is 2.14. The highest BCUT2D eigenvalue weighted by molar-refractivity contribution is 9.11. The van der Waals surface area contributed by atoms with Crippen molar-refractivity contribution in [3.05, 3.63) is 22.7 Å². The highest BCUT2D eigenvalue weighted by atomic mass is 79.9. The molecule has 29 heavy (non-hydrogen) atoms. The van der Waals surface area contributed by atoms with Crippen LogP contribution in [0.15, 0.2) is 22.7 Å². The fraction of sp³-hybridized carbons (Fsp3) is 0.846. The number of hydrogen-bond donors (Lipinski definition) is 0. The van der Waals surface area contributed by atoms with Gasteiger partial charge in [-0.2, -0.15) is 0 Å². The molecule has 6 atom stereocenters. The van der Waals surface area contributed by atoms with Crippen molar-refractivity contribution >= 4 is 24.2 Å². The summed E-state index contributed by atoms with van der Waals surface area (Å²) in [5.74, 6) is 3.16. The van der Waals surface area contributed by atoms with Gasteiger partial charge in [0.15, 0.2) is 8.32 Å². The van der Waals surface area contributed by atoms with E-state index >= 15 is 0 Å². The van der Waals surface area contributed by atoms with E-state index < -0.39 is 8.32 Å². The topological polar surface area (TPSA) is 9.23 Å². The van der Waals surface area contributed by atoms with Gasteiger partial charge in [0.2, 0.25) is 0 Å². The Kier molecular flexibility index (Phi) is 6.76. The predicted octanol–water partition coefficient (Wildman–Crippen LogP) is 8.86. The van der Waals surface area contributed by atoms with Gasteiger partial charge >= 0.3 is 0 Å². The molecule has 2 saturated carbocycles. The largest absolute Gasteiger partial charge is 0.408 e. The third kappa shape index (κ3) is 4.67. The van der Waals surface area contributed by atoms with Gasteiger partial charge in [-0.05, 0) is 104 Å². The number of hydrogen-bond acceptors (Lipinski definition) is 1. The Balaban J connectivity index is 1.63. The van der Waals surface area contributed by atoms with Gasteiger partial charge in [0.1, 0.15) is 0 Å². The van der Waals surface area contributed by atoms with Crippen molar-refractivity contribution in [1.29, 1.82) is 0 Å². The second-order valence-electron chi connectivity index (χ2n) is 12.5. The molecule has 3 aliphatic carbocycles. The summed E-state index contributed by atoms with van der Waals surface area (Å²) in [4.78, 5) is 2.26. The zero-order chi connectivity index (χ0) is 21.7. The van der Waals surface area contributed by atoms with Crippen molar-refractivity contribution in [3.63, 3.8) is 0 Å². The molecule has 0 heterocycles. The molecule has 0 aromatic carbocycles. The highest BCUT2D eigenvalue weighted by Crippen LogP contribution is 2.60. The lowest BCUT2D eigenvalue weighted by Crippen LogP contribution is -2.47. The summed E-state index contributed by atoms with van der Waals surface area (Å²) in [6, 6.07) is 0.